The SMILES string of the molecule is CC.CC.CC.COC(=O)c1ccc(-c2nc(-c3ccccc3O)nc(-c3cc(Cl)ccc3O)n2)cc1. The summed E-state index contributed by atoms with van der Waals surface area (Å²) in [7, 11) is 1.31. The fraction of sp³-hybridized carbons (Fsp3) is 0.241. The van der Waals surface area contributed by atoms with E-state index in [1.807, 2.05) is 41.5 Å². The molecule has 0 saturated carbocycles. The number of hydrogen-bond donors (Lipinski definition) is 2. The van der Waals surface area contributed by atoms with Crippen LogP contribution in [0.5, 0.6) is 11.5 Å². The van der Waals surface area contributed by atoms with E-state index in [4.69, 9.17) is 16.3 Å². The van der Waals surface area contributed by atoms with Gasteiger partial charge in [-0.15, -0.1) is 0 Å². The Bertz CT molecular complexity index is 1280. The molecule has 196 valence electrons. The van der Waals surface area contributed by atoms with Gasteiger partial charge in [-0.2, -0.15) is 0 Å². The summed E-state index contributed by atoms with van der Waals surface area (Å²) >= 11 is 6.10. The van der Waals surface area contributed by atoms with Gasteiger partial charge >= 0.3 is 5.97 Å². The predicted octanol–water partition coefficient (Wildman–Crippen LogP) is 7.80. The van der Waals surface area contributed by atoms with E-state index in [1.54, 1.807) is 54.6 Å². The zero-order valence-electron chi connectivity index (χ0n) is 22.3. The molecule has 1 heterocycles. The molecule has 0 aliphatic rings. The Hall–Kier alpha value is -3.97. The van der Waals surface area contributed by atoms with Crippen LogP contribution in [0.3, 0.4) is 0 Å². The van der Waals surface area contributed by atoms with Gasteiger partial charge in [-0.25, -0.2) is 19.7 Å². The van der Waals surface area contributed by atoms with E-state index in [9.17, 15) is 15.0 Å². The van der Waals surface area contributed by atoms with Gasteiger partial charge in [0.2, 0.25) is 0 Å². The number of carbonyl (C=O) groups excluding carboxylic acids is 1. The average molecular weight is 524 g/mol. The van der Waals surface area contributed by atoms with Crippen LogP contribution in [0.25, 0.3) is 34.2 Å². The molecule has 0 aliphatic carbocycles. The Morgan fingerprint density at radius 1 is 0.703 bits per heavy atom. The lowest BCUT2D eigenvalue weighted by Crippen LogP contribution is -2.02. The quantitative estimate of drug-likeness (QED) is 0.263. The topological polar surface area (TPSA) is 105 Å². The molecule has 37 heavy (non-hydrogen) atoms. The molecule has 0 aliphatic heterocycles. The standard InChI is InChI=1S/C23H16ClN3O4.3C2H6/c1-31-23(30)14-8-6-13(7-9-14)20-25-21(16-4-2-3-5-18(16)28)27-22(26-20)17-12-15(24)10-11-19(17)29;3*1-2/h2-12,28-29H,1H3;3*1-2H3. The molecular formula is C29H34ClN3O4. The molecule has 4 rings (SSSR count). The molecule has 2 N–H and O–H groups in total. The number of nitrogens with zero attached hydrogens (tertiary/aromatic N) is 3. The van der Waals surface area contributed by atoms with Crippen LogP contribution in [-0.4, -0.2) is 38.2 Å². The van der Waals surface area contributed by atoms with Crippen molar-refractivity contribution in [3.63, 3.8) is 0 Å². The highest BCUT2D eigenvalue weighted by Crippen LogP contribution is 2.33. The lowest BCUT2D eigenvalue weighted by atomic mass is 10.1. The van der Waals surface area contributed by atoms with Crippen LogP contribution in [0.15, 0.2) is 66.7 Å². The van der Waals surface area contributed by atoms with Crippen molar-refractivity contribution in [3.8, 4) is 45.7 Å². The van der Waals surface area contributed by atoms with Crippen LogP contribution in [0, 0.1) is 0 Å². The third-order valence-corrected chi connectivity index (χ3v) is 4.78. The number of para-hydroxylation sites is 1. The fourth-order valence-corrected chi connectivity index (χ4v) is 3.14. The van der Waals surface area contributed by atoms with E-state index in [0.29, 0.717) is 33.1 Å². The maximum atomic E-state index is 11.7. The monoisotopic (exact) mass is 523 g/mol. The minimum Gasteiger partial charge on any atom is -0.507 e. The van der Waals surface area contributed by atoms with Crippen LogP contribution in [-0.2, 0) is 4.74 Å². The van der Waals surface area contributed by atoms with Gasteiger partial charge in [0, 0.05) is 10.6 Å². The summed E-state index contributed by atoms with van der Waals surface area (Å²) in [6.45, 7) is 12.0. The molecule has 0 saturated heterocycles. The minimum atomic E-state index is -0.457. The first kappa shape index (κ1) is 31.1. The Balaban J connectivity index is 0.00000106. The second kappa shape index (κ2) is 15.9. The first-order valence-corrected chi connectivity index (χ1v) is 12.6. The molecule has 3 aromatic carbocycles. The third kappa shape index (κ3) is 8.02. The van der Waals surface area contributed by atoms with Crippen molar-refractivity contribution in [2.24, 2.45) is 0 Å². The van der Waals surface area contributed by atoms with Gasteiger partial charge in [0.15, 0.2) is 17.5 Å². The molecule has 0 amide bonds. The Morgan fingerprint density at radius 2 is 1.22 bits per heavy atom. The number of esters is 1. The van der Waals surface area contributed by atoms with Crippen molar-refractivity contribution in [1.29, 1.82) is 0 Å². The predicted molar refractivity (Wildman–Crippen MR) is 150 cm³/mol. The third-order valence-electron chi connectivity index (χ3n) is 4.54. The lowest BCUT2D eigenvalue weighted by molar-refractivity contribution is 0.0600. The van der Waals surface area contributed by atoms with E-state index < -0.39 is 5.97 Å². The number of ether oxygens (including phenoxy) is 1. The zero-order valence-corrected chi connectivity index (χ0v) is 23.0. The zero-order chi connectivity index (χ0) is 28.0. The van der Waals surface area contributed by atoms with E-state index >= 15 is 0 Å². The van der Waals surface area contributed by atoms with E-state index in [2.05, 4.69) is 15.0 Å². The fourth-order valence-electron chi connectivity index (χ4n) is 2.97. The maximum Gasteiger partial charge on any atom is 0.337 e. The summed E-state index contributed by atoms with van der Waals surface area (Å²) in [5, 5.41) is 21.0. The number of aromatic hydroxyl groups is 2. The van der Waals surface area contributed by atoms with Gasteiger partial charge in [0.25, 0.3) is 0 Å². The first-order chi connectivity index (χ1) is 18.0. The Kier molecular flexibility index (Phi) is 13.4. The van der Waals surface area contributed by atoms with Gasteiger partial charge in [-0.3, -0.25) is 0 Å². The summed E-state index contributed by atoms with van der Waals surface area (Å²) in [4.78, 5) is 25.1. The molecular weight excluding hydrogens is 490 g/mol. The summed E-state index contributed by atoms with van der Waals surface area (Å²) in [6, 6.07) is 17.8. The Morgan fingerprint density at radius 3 is 1.78 bits per heavy atom. The van der Waals surface area contributed by atoms with Crippen molar-refractivity contribution < 1.29 is 19.7 Å². The number of rotatable bonds is 4. The number of phenolic OH excluding ortho intramolecular Hbond substituents is 2. The van der Waals surface area contributed by atoms with Crippen LogP contribution in [0.4, 0.5) is 0 Å². The molecule has 0 spiro atoms. The number of benzene rings is 3. The van der Waals surface area contributed by atoms with Crippen molar-refractivity contribution in [2.75, 3.05) is 7.11 Å². The first-order valence-electron chi connectivity index (χ1n) is 12.2. The van der Waals surface area contributed by atoms with Gasteiger partial charge in [0.1, 0.15) is 11.5 Å². The van der Waals surface area contributed by atoms with Crippen molar-refractivity contribution in [3.05, 3.63) is 77.3 Å². The highest BCUT2D eigenvalue weighted by molar-refractivity contribution is 6.30. The summed E-state index contributed by atoms with van der Waals surface area (Å²) < 4.78 is 4.73. The summed E-state index contributed by atoms with van der Waals surface area (Å²) in [6.07, 6.45) is 0. The number of halogens is 1. The molecule has 0 atom stereocenters. The summed E-state index contributed by atoms with van der Waals surface area (Å²) in [5.74, 6) is 0.184. The highest BCUT2D eigenvalue weighted by Gasteiger charge is 2.17. The lowest BCUT2D eigenvalue weighted by Gasteiger charge is -2.10. The van der Waals surface area contributed by atoms with E-state index in [-0.39, 0.29) is 23.1 Å². The second-order valence-electron chi connectivity index (χ2n) is 6.55. The van der Waals surface area contributed by atoms with Crippen LogP contribution in [0.1, 0.15) is 51.9 Å². The van der Waals surface area contributed by atoms with Crippen LogP contribution < -0.4 is 0 Å². The van der Waals surface area contributed by atoms with Gasteiger partial charge < -0.3 is 14.9 Å². The number of methoxy groups -OCH3 is 1. The van der Waals surface area contributed by atoms with Crippen molar-refractivity contribution >= 4 is 17.6 Å². The van der Waals surface area contributed by atoms with E-state index in [1.165, 1.54) is 19.2 Å². The van der Waals surface area contributed by atoms with Gasteiger partial charge in [0.05, 0.1) is 23.8 Å². The van der Waals surface area contributed by atoms with Crippen LogP contribution >= 0.6 is 11.6 Å². The highest BCUT2D eigenvalue weighted by atomic mass is 35.5. The molecule has 0 radical (unpaired) electrons. The summed E-state index contributed by atoms with van der Waals surface area (Å²) in [5.41, 5.74) is 1.71. The second-order valence-corrected chi connectivity index (χ2v) is 6.99. The van der Waals surface area contributed by atoms with Crippen molar-refractivity contribution in [2.45, 2.75) is 41.5 Å². The van der Waals surface area contributed by atoms with Gasteiger partial charge in [-0.05, 0) is 42.5 Å². The largest absolute Gasteiger partial charge is 0.507 e. The normalized spacial score (nSPS) is 9.41. The van der Waals surface area contributed by atoms with Crippen molar-refractivity contribution in [1.82, 2.24) is 15.0 Å². The smallest absolute Gasteiger partial charge is 0.337 e. The molecule has 8 heteroatoms. The molecule has 1 aromatic heterocycles. The Labute approximate surface area is 223 Å². The minimum absolute atomic E-state index is 0.00181. The average Bonchev–Trinajstić information content (AvgIpc) is 2.97. The number of phenols is 2. The van der Waals surface area contributed by atoms with Crippen LogP contribution in [0.2, 0.25) is 5.02 Å². The number of aromatic nitrogens is 3. The molecule has 0 fully saturated rings. The molecule has 4 aromatic rings. The van der Waals surface area contributed by atoms with E-state index in [0.717, 1.165) is 0 Å². The number of carbonyl (C=O) groups is 1. The maximum absolute atomic E-state index is 11.7. The van der Waals surface area contributed by atoms with Gasteiger partial charge in [-0.1, -0.05) is 77.4 Å². The molecule has 7 nitrogen and oxygen atoms in total. The molecule has 0 unspecified atom stereocenters. The number of hydrogen-bond acceptors (Lipinski definition) is 7. The molecule has 0 bridgehead atoms.